The molecule has 0 aromatic carbocycles. The van der Waals surface area contributed by atoms with E-state index in [0.29, 0.717) is 0 Å². The maximum absolute atomic E-state index is 14.6. The quantitative estimate of drug-likeness (QED) is 0.490. The molecule has 2 unspecified atom stereocenters. The summed E-state index contributed by atoms with van der Waals surface area (Å²) in [5, 5.41) is 9.87. The summed E-state index contributed by atoms with van der Waals surface area (Å²) in [6.07, 6.45) is -3.82. The van der Waals surface area contributed by atoms with Gasteiger partial charge in [-0.2, -0.15) is 0 Å². The Balaban J connectivity index is 2.28. The number of H-pyrrole nitrogens is 1. The van der Waals surface area contributed by atoms with Crippen LogP contribution in [-0.2, 0) is 13.8 Å². The normalized spacial score (nSPS) is 32.3. The number of alkyl halides is 1. The molecular weight excluding hydrogens is 326 g/mol. The van der Waals surface area contributed by atoms with Gasteiger partial charge >= 0.3 is 13.5 Å². The lowest BCUT2D eigenvalue weighted by molar-refractivity contribution is -0.0605. The Bertz CT molecular complexity index is 709. The summed E-state index contributed by atoms with van der Waals surface area (Å²) in [5.41, 5.74) is -4.10. The Hall–Kier alpha value is -1.36. The number of aromatic nitrogens is 2. The number of aliphatic hydroxyl groups excluding tert-OH is 1. The molecule has 0 saturated carbocycles. The van der Waals surface area contributed by atoms with E-state index >= 15 is 0 Å². The van der Waals surface area contributed by atoms with Crippen molar-refractivity contribution in [3.05, 3.63) is 33.1 Å². The summed E-state index contributed by atoms with van der Waals surface area (Å²) in [6.45, 7) is 0.178. The molecule has 1 aliphatic heterocycles. The zero-order valence-corrected chi connectivity index (χ0v) is 12.1. The largest absolute Gasteiger partial charge is 0.469 e. The van der Waals surface area contributed by atoms with Gasteiger partial charge in [-0.05, 0) is 6.92 Å². The molecule has 2 rings (SSSR count). The average molecular weight is 340 g/mol. The first-order chi connectivity index (χ1) is 10.0. The van der Waals surface area contributed by atoms with Crippen LogP contribution in [0.25, 0.3) is 0 Å². The molecule has 4 N–H and O–H groups in total. The van der Waals surface area contributed by atoms with Crippen LogP contribution in [0.5, 0.6) is 0 Å². The van der Waals surface area contributed by atoms with E-state index in [-0.39, 0.29) is 0 Å². The van der Waals surface area contributed by atoms with Crippen LogP contribution in [0, 0.1) is 0 Å². The number of rotatable bonds is 4. The standard InChI is InChI=1S/C10H14FN2O8P/c1-10(11)7(15)5(4-20-22(17,18)19)21-8(10)13-3-2-6(14)12-9(13)16/h2-3,5,7-8,15H,4H2,1H3,(H,12,14,16)(H2,17,18,19)/t5?,7-,8?,10-/m1/s1. The fourth-order valence-electron chi connectivity index (χ4n) is 2.13. The molecule has 0 bridgehead atoms. The monoisotopic (exact) mass is 340 g/mol. The maximum Gasteiger partial charge on any atom is 0.469 e. The molecule has 0 radical (unpaired) electrons. The van der Waals surface area contributed by atoms with Crippen LogP contribution >= 0.6 is 7.82 Å². The van der Waals surface area contributed by atoms with Crippen LogP contribution in [0.4, 0.5) is 4.39 Å². The SMILES string of the molecule is C[C@]1(F)C(n2ccc(=O)[nH]c2=O)OC(COP(=O)(O)O)[C@H]1O. The highest BCUT2D eigenvalue weighted by atomic mass is 31.2. The number of ether oxygens (including phenoxy) is 1. The Morgan fingerprint density at radius 1 is 1.55 bits per heavy atom. The van der Waals surface area contributed by atoms with Crippen LogP contribution in [-0.4, -0.2) is 48.9 Å². The Kier molecular flexibility index (Phi) is 4.39. The second-order valence-corrected chi connectivity index (χ2v) is 6.17. The lowest BCUT2D eigenvalue weighted by atomic mass is 9.98. The topological polar surface area (TPSA) is 151 Å². The Morgan fingerprint density at radius 3 is 2.73 bits per heavy atom. The van der Waals surface area contributed by atoms with Gasteiger partial charge in [0.1, 0.15) is 12.2 Å². The number of phosphoric acid groups is 1. The average Bonchev–Trinajstić information content (AvgIpc) is 2.59. The molecule has 12 heteroatoms. The molecule has 1 aliphatic rings. The van der Waals surface area contributed by atoms with Gasteiger partial charge in [-0.25, -0.2) is 13.8 Å². The van der Waals surface area contributed by atoms with Gasteiger partial charge < -0.3 is 19.6 Å². The molecule has 2 heterocycles. The number of nitrogens with one attached hydrogen (secondary N) is 1. The zero-order valence-electron chi connectivity index (χ0n) is 11.2. The minimum Gasteiger partial charge on any atom is -0.387 e. The second kappa shape index (κ2) is 5.69. The molecule has 1 aromatic heterocycles. The first-order valence-electron chi connectivity index (χ1n) is 6.06. The van der Waals surface area contributed by atoms with Crippen molar-refractivity contribution in [2.75, 3.05) is 6.61 Å². The molecule has 1 fully saturated rings. The number of phosphoric ester groups is 1. The molecule has 0 amide bonds. The molecule has 124 valence electrons. The lowest BCUT2D eigenvalue weighted by Gasteiger charge is -2.24. The van der Waals surface area contributed by atoms with E-state index in [4.69, 9.17) is 14.5 Å². The molecule has 0 aliphatic carbocycles. The first kappa shape index (κ1) is 17.0. The third-order valence-electron chi connectivity index (χ3n) is 3.23. The second-order valence-electron chi connectivity index (χ2n) is 4.93. The van der Waals surface area contributed by atoms with Gasteiger partial charge in [0.2, 0.25) is 0 Å². The van der Waals surface area contributed by atoms with Crippen molar-refractivity contribution in [2.45, 2.75) is 31.0 Å². The Morgan fingerprint density at radius 2 is 2.18 bits per heavy atom. The van der Waals surface area contributed by atoms with Crippen molar-refractivity contribution in [1.82, 2.24) is 9.55 Å². The highest BCUT2D eigenvalue weighted by Gasteiger charge is 2.55. The van der Waals surface area contributed by atoms with Gasteiger partial charge in [0.15, 0.2) is 11.9 Å². The summed E-state index contributed by atoms with van der Waals surface area (Å²) in [4.78, 5) is 41.8. The predicted molar refractivity (Wildman–Crippen MR) is 68.7 cm³/mol. The number of nitrogens with zero attached hydrogens (tertiary/aromatic N) is 1. The van der Waals surface area contributed by atoms with Crippen LogP contribution < -0.4 is 11.2 Å². The molecule has 4 atom stereocenters. The highest BCUT2D eigenvalue weighted by Crippen LogP contribution is 2.43. The number of halogens is 1. The summed E-state index contributed by atoms with van der Waals surface area (Å²) in [5.74, 6) is 0. The Labute approximate surface area is 122 Å². The third kappa shape index (κ3) is 3.35. The van der Waals surface area contributed by atoms with Crippen molar-refractivity contribution >= 4 is 7.82 Å². The van der Waals surface area contributed by atoms with E-state index in [2.05, 4.69) is 4.52 Å². The summed E-state index contributed by atoms with van der Waals surface area (Å²) < 4.78 is 35.3. The highest BCUT2D eigenvalue weighted by molar-refractivity contribution is 7.46. The number of hydrogen-bond acceptors (Lipinski definition) is 6. The van der Waals surface area contributed by atoms with Crippen molar-refractivity contribution < 1.29 is 33.1 Å². The molecule has 1 saturated heterocycles. The number of hydrogen-bond donors (Lipinski definition) is 4. The zero-order chi connectivity index (χ0) is 16.7. The van der Waals surface area contributed by atoms with Crippen LogP contribution in [0.2, 0.25) is 0 Å². The van der Waals surface area contributed by atoms with Crippen molar-refractivity contribution in [2.24, 2.45) is 0 Å². The predicted octanol–water partition coefficient (Wildman–Crippen LogP) is -1.37. The number of aromatic amines is 1. The molecule has 10 nitrogen and oxygen atoms in total. The summed E-state index contributed by atoms with van der Waals surface area (Å²) in [7, 11) is -4.82. The van der Waals surface area contributed by atoms with E-state index in [0.717, 1.165) is 23.8 Å². The molecule has 0 spiro atoms. The van der Waals surface area contributed by atoms with Gasteiger partial charge in [0, 0.05) is 12.3 Å². The maximum atomic E-state index is 14.6. The van der Waals surface area contributed by atoms with E-state index in [1.165, 1.54) is 0 Å². The van der Waals surface area contributed by atoms with Gasteiger partial charge in [-0.15, -0.1) is 0 Å². The van der Waals surface area contributed by atoms with Gasteiger partial charge in [-0.3, -0.25) is 18.9 Å². The minimum atomic E-state index is -4.82. The van der Waals surface area contributed by atoms with Gasteiger partial charge in [-0.1, -0.05) is 0 Å². The molecule has 22 heavy (non-hydrogen) atoms. The van der Waals surface area contributed by atoms with E-state index in [1.54, 1.807) is 0 Å². The summed E-state index contributed by atoms with van der Waals surface area (Å²) >= 11 is 0. The van der Waals surface area contributed by atoms with Crippen molar-refractivity contribution in [3.63, 3.8) is 0 Å². The van der Waals surface area contributed by atoms with E-state index < -0.39 is 49.8 Å². The smallest absolute Gasteiger partial charge is 0.387 e. The summed E-state index contributed by atoms with van der Waals surface area (Å²) in [6, 6.07) is 0.965. The van der Waals surface area contributed by atoms with Crippen LogP contribution in [0.1, 0.15) is 13.2 Å². The molecular formula is C10H14FN2O8P. The van der Waals surface area contributed by atoms with Crippen LogP contribution in [0.3, 0.4) is 0 Å². The third-order valence-corrected chi connectivity index (χ3v) is 3.71. The number of aliphatic hydroxyl groups is 1. The van der Waals surface area contributed by atoms with Gasteiger partial charge in [0.25, 0.3) is 5.56 Å². The van der Waals surface area contributed by atoms with Crippen LogP contribution in [0.15, 0.2) is 21.9 Å². The minimum absolute atomic E-state index is 0.693. The van der Waals surface area contributed by atoms with E-state index in [1.807, 2.05) is 4.98 Å². The first-order valence-corrected chi connectivity index (χ1v) is 7.59. The molecule has 1 aromatic rings. The van der Waals surface area contributed by atoms with Crippen molar-refractivity contribution in [1.29, 1.82) is 0 Å². The van der Waals surface area contributed by atoms with Crippen molar-refractivity contribution in [3.8, 4) is 0 Å². The van der Waals surface area contributed by atoms with Gasteiger partial charge in [0.05, 0.1) is 6.61 Å². The fraction of sp³-hybridized carbons (Fsp3) is 0.600. The lowest BCUT2D eigenvalue weighted by Crippen LogP contribution is -2.43. The van der Waals surface area contributed by atoms with E-state index in [9.17, 15) is 23.7 Å². The fourth-order valence-corrected chi connectivity index (χ4v) is 2.47.